The van der Waals surface area contributed by atoms with E-state index in [-0.39, 0.29) is 0 Å². The molecule has 0 bridgehead atoms. The molecule has 3 nitrogen and oxygen atoms in total. The molecular formula is C11H16O3S2. The largest absolute Gasteiger partial charge is 0.494 e. The van der Waals surface area contributed by atoms with Gasteiger partial charge in [-0.05, 0) is 42.9 Å². The van der Waals surface area contributed by atoms with Gasteiger partial charge in [-0.25, -0.2) is 8.42 Å². The summed E-state index contributed by atoms with van der Waals surface area (Å²) in [5.74, 6) is 1.56. The van der Waals surface area contributed by atoms with Crippen LogP contribution in [0.15, 0.2) is 29.2 Å². The first kappa shape index (κ1) is 13.4. The summed E-state index contributed by atoms with van der Waals surface area (Å²) < 4.78 is 27.8. The molecule has 90 valence electrons. The van der Waals surface area contributed by atoms with Crippen LogP contribution in [0.1, 0.15) is 12.8 Å². The predicted molar refractivity (Wildman–Crippen MR) is 68.1 cm³/mol. The molecule has 0 aliphatic carbocycles. The van der Waals surface area contributed by atoms with Gasteiger partial charge in [0.1, 0.15) is 5.75 Å². The van der Waals surface area contributed by atoms with E-state index in [0.717, 1.165) is 18.6 Å². The number of thiol groups is 1. The number of benzene rings is 1. The first-order valence-electron chi connectivity index (χ1n) is 5.08. The SMILES string of the molecule is CS(=O)(=O)c1ccc(OCCCCS)cc1. The minimum atomic E-state index is -3.11. The highest BCUT2D eigenvalue weighted by Gasteiger charge is 2.05. The van der Waals surface area contributed by atoms with E-state index in [0.29, 0.717) is 17.3 Å². The Balaban J connectivity index is 2.52. The van der Waals surface area contributed by atoms with Crippen molar-refractivity contribution in [3.05, 3.63) is 24.3 Å². The molecule has 0 atom stereocenters. The fourth-order valence-electron chi connectivity index (χ4n) is 1.19. The number of rotatable bonds is 6. The standard InChI is InChI=1S/C11H16O3S2/c1-16(12,13)11-6-4-10(5-7-11)14-8-2-3-9-15/h4-7,15H,2-3,8-9H2,1H3. The maximum absolute atomic E-state index is 11.2. The number of hydrogen-bond donors (Lipinski definition) is 1. The van der Waals surface area contributed by atoms with Gasteiger partial charge < -0.3 is 4.74 Å². The summed E-state index contributed by atoms with van der Waals surface area (Å²) in [5, 5.41) is 0. The molecule has 16 heavy (non-hydrogen) atoms. The van der Waals surface area contributed by atoms with Crippen LogP contribution in [0.3, 0.4) is 0 Å². The van der Waals surface area contributed by atoms with Crippen molar-refractivity contribution in [3.63, 3.8) is 0 Å². The molecular weight excluding hydrogens is 244 g/mol. The normalized spacial score (nSPS) is 11.4. The van der Waals surface area contributed by atoms with Crippen LogP contribution in [0.4, 0.5) is 0 Å². The number of unbranched alkanes of at least 4 members (excludes halogenated alkanes) is 1. The lowest BCUT2D eigenvalue weighted by Crippen LogP contribution is -1.99. The van der Waals surface area contributed by atoms with Crippen molar-refractivity contribution in [2.24, 2.45) is 0 Å². The molecule has 0 aromatic heterocycles. The summed E-state index contributed by atoms with van der Waals surface area (Å²) in [6.07, 6.45) is 3.16. The second kappa shape index (κ2) is 6.15. The fourth-order valence-corrected chi connectivity index (χ4v) is 2.04. The molecule has 0 amide bonds. The first-order valence-corrected chi connectivity index (χ1v) is 7.60. The van der Waals surface area contributed by atoms with Gasteiger partial charge in [-0.1, -0.05) is 0 Å². The van der Waals surface area contributed by atoms with Gasteiger partial charge in [-0.3, -0.25) is 0 Å². The molecule has 0 saturated carbocycles. The van der Waals surface area contributed by atoms with Crippen molar-refractivity contribution in [1.29, 1.82) is 0 Å². The number of ether oxygens (including phenoxy) is 1. The van der Waals surface area contributed by atoms with Crippen molar-refractivity contribution >= 4 is 22.5 Å². The Hall–Kier alpha value is -0.680. The highest BCUT2D eigenvalue weighted by atomic mass is 32.2. The number of sulfone groups is 1. The Morgan fingerprint density at radius 3 is 2.31 bits per heavy atom. The van der Waals surface area contributed by atoms with Gasteiger partial charge in [0.2, 0.25) is 0 Å². The zero-order chi connectivity index (χ0) is 12.0. The van der Waals surface area contributed by atoms with E-state index in [2.05, 4.69) is 12.6 Å². The van der Waals surface area contributed by atoms with Gasteiger partial charge in [0.15, 0.2) is 9.84 Å². The van der Waals surface area contributed by atoms with Crippen LogP contribution >= 0.6 is 12.6 Å². The topological polar surface area (TPSA) is 43.4 Å². The van der Waals surface area contributed by atoms with Gasteiger partial charge in [-0.15, -0.1) is 0 Å². The summed E-state index contributed by atoms with van der Waals surface area (Å²) in [4.78, 5) is 0.315. The van der Waals surface area contributed by atoms with Gasteiger partial charge in [0, 0.05) is 6.26 Å². The van der Waals surface area contributed by atoms with Crippen molar-refractivity contribution < 1.29 is 13.2 Å². The van der Waals surface area contributed by atoms with Crippen molar-refractivity contribution in [2.45, 2.75) is 17.7 Å². The minimum Gasteiger partial charge on any atom is -0.494 e. The van der Waals surface area contributed by atoms with Gasteiger partial charge in [0.05, 0.1) is 11.5 Å². The fraction of sp³-hybridized carbons (Fsp3) is 0.455. The Morgan fingerprint density at radius 1 is 1.19 bits per heavy atom. The van der Waals surface area contributed by atoms with Crippen LogP contribution < -0.4 is 4.74 Å². The molecule has 1 aromatic rings. The van der Waals surface area contributed by atoms with Crippen LogP contribution in [0.25, 0.3) is 0 Å². The summed E-state index contributed by atoms with van der Waals surface area (Å²) in [5.41, 5.74) is 0. The lowest BCUT2D eigenvalue weighted by Gasteiger charge is -2.06. The third kappa shape index (κ3) is 4.45. The monoisotopic (exact) mass is 260 g/mol. The Labute approximate surface area is 102 Å². The highest BCUT2D eigenvalue weighted by molar-refractivity contribution is 7.90. The van der Waals surface area contributed by atoms with E-state index in [1.165, 1.54) is 6.26 Å². The highest BCUT2D eigenvalue weighted by Crippen LogP contribution is 2.16. The van der Waals surface area contributed by atoms with E-state index in [1.807, 2.05) is 0 Å². The summed E-state index contributed by atoms with van der Waals surface area (Å²) in [7, 11) is -3.11. The quantitative estimate of drug-likeness (QED) is 0.630. The Morgan fingerprint density at radius 2 is 1.81 bits per heavy atom. The average Bonchev–Trinajstić information content (AvgIpc) is 2.24. The molecule has 0 fully saturated rings. The van der Waals surface area contributed by atoms with Crippen LogP contribution in [0, 0.1) is 0 Å². The number of hydrogen-bond acceptors (Lipinski definition) is 4. The molecule has 1 aromatic carbocycles. The maximum atomic E-state index is 11.2. The zero-order valence-electron chi connectivity index (χ0n) is 9.22. The van der Waals surface area contributed by atoms with Gasteiger partial charge in [0.25, 0.3) is 0 Å². The van der Waals surface area contributed by atoms with E-state index >= 15 is 0 Å². The van der Waals surface area contributed by atoms with Gasteiger partial charge >= 0.3 is 0 Å². The molecule has 1 rings (SSSR count). The molecule has 0 N–H and O–H groups in total. The van der Waals surface area contributed by atoms with E-state index < -0.39 is 9.84 Å². The van der Waals surface area contributed by atoms with Crippen molar-refractivity contribution in [3.8, 4) is 5.75 Å². The van der Waals surface area contributed by atoms with E-state index in [4.69, 9.17) is 4.74 Å². The molecule has 0 aliphatic rings. The van der Waals surface area contributed by atoms with E-state index in [1.54, 1.807) is 24.3 Å². The second-order valence-corrected chi connectivity index (χ2v) is 5.99. The maximum Gasteiger partial charge on any atom is 0.175 e. The summed E-state index contributed by atoms with van der Waals surface area (Å²) >= 11 is 4.10. The van der Waals surface area contributed by atoms with E-state index in [9.17, 15) is 8.42 Å². The summed E-state index contributed by atoms with van der Waals surface area (Å²) in [6, 6.07) is 6.47. The summed E-state index contributed by atoms with van der Waals surface area (Å²) in [6.45, 7) is 0.638. The third-order valence-electron chi connectivity index (χ3n) is 2.07. The first-order chi connectivity index (χ1) is 7.54. The molecule has 0 spiro atoms. The zero-order valence-corrected chi connectivity index (χ0v) is 10.9. The minimum absolute atomic E-state index is 0.315. The van der Waals surface area contributed by atoms with Crippen LogP contribution in [-0.4, -0.2) is 27.0 Å². The molecule has 0 saturated heterocycles. The van der Waals surface area contributed by atoms with Gasteiger partial charge in [-0.2, -0.15) is 12.6 Å². The Kier molecular flexibility index (Phi) is 5.15. The van der Waals surface area contributed by atoms with Crippen LogP contribution in [0.5, 0.6) is 5.75 Å². The van der Waals surface area contributed by atoms with Crippen molar-refractivity contribution in [1.82, 2.24) is 0 Å². The average molecular weight is 260 g/mol. The van der Waals surface area contributed by atoms with Crippen molar-refractivity contribution in [2.75, 3.05) is 18.6 Å². The molecule has 0 unspecified atom stereocenters. The molecule has 0 aliphatic heterocycles. The third-order valence-corrected chi connectivity index (χ3v) is 3.52. The van der Waals surface area contributed by atoms with Crippen LogP contribution in [0.2, 0.25) is 0 Å². The smallest absolute Gasteiger partial charge is 0.175 e. The molecule has 5 heteroatoms. The molecule has 0 radical (unpaired) electrons. The van der Waals surface area contributed by atoms with Crippen LogP contribution in [-0.2, 0) is 9.84 Å². The lowest BCUT2D eigenvalue weighted by atomic mass is 10.3. The predicted octanol–water partition coefficient (Wildman–Crippen LogP) is 2.18. The second-order valence-electron chi connectivity index (χ2n) is 3.52. The molecule has 0 heterocycles. The lowest BCUT2D eigenvalue weighted by molar-refractivity contribution is 0.309. The Bertz CT molecular complexity index is 409.